The summed E-state index contributed by atoms with van der Waals surface area (Å²) in [6, 6.07) is 0.559. The van der Waals surface area contributed by atoms with Crippen LogP contribution in [-0.2, 0) is 17.7 Å². The van der Waals surface area contributed by atoms with Gasteiger partial charge in [-0.15, -0.1) is 0 Å². The van der Waals surface area contributed by atoms with Gasteiger partial charge in [0.25, 0.3) is 0 Å². The molecule has 24 heavy (non-hydrogen) atoms. The van der Waals surface area contributed by atoms with Crippen LogP contribution in [0.5, 0.6) is 0 Å². The predicted octanol–water partition coefficient (Wildman–Crippen LogP) is 1.63. The predicted molar refractivity (Wildman–Crippen MR) is 88.9 cm³/mol. The molecular weight excluding hydrogens is 306 g/mol. The molecule has 132 valence electrons. The summed E-state index contributed by atoms with van der Waals surface area (Å²) in [5, 5.41) is 4.72. The quantitative estimate of drug-likeness (QED) is 0.841. The van der Waals surface area contributed by atoms with E-state index in [0.29, 0.717) is 18.6 Å². The number of fused-ring (bicyclic) bond motifs is 1. The molecule has 1 aliphatic carbocycles. The molecule has 0 unspecified atom stereocenters. The van der Waals surface area contributed by atoms with E-state index in [0.717, 1.165) is 63.6 Å². The fraction of sp³-hybridized carbons (Fsp3) is 0.824. The Morgan fingerprint density at radius 3 is 2.62 bits per heavy atom. The monoisotopic (exact) mass is 333 g/mol. The van der Waals surface area contributed by atoms with Crippen molar-refractivity contribution < 1.29 is 9.53 Å². The van der Waals surface area contributed by atoms with Crippen molar-refractivity contribution in [3.8, 4) is 0 Å². The van der Waals surface area contributed by atoms with Crippen LogP contribution >= 0.6 is 0 Å². The third-order valence-electron chi connectivity index (χ3n) is 5.44. The smallest absolute Gasteiger partial charge is 0.409 e. The molecule has 7 heteroatoms. The lowest BCUT2D eigenvalue weighted by Crippen LogP contribution is -2.47. The molecular formula is C17H27N5O2. The molecule has 1 amide bonds. The van der Waals surface area contributed by atoms with Crippen LogP contribution < -0.4 is 0 Å². The number of amides is 1. The number of likely N-dealkylation sites (tertiary alicyclic amines) is 1. The van der Waals surface area contributed by atoms with Crippen molar-refractivity contribution >= 4 is 6.09 Å². The van der Waals surface area contributed by atoms with Crippen molar-refractivity contribution in [3.05, 3.63) is 11.6 Å². The van der Waals surface area contributed by atoms with Gasteiger partial charge in [-0.25, -0.2) is 14.5 Å². The van der Waals surface area contributed by atoms with Gasteiger partial charge in [-0.3, -0.25) is 4.90 Å². The molecule has 1 aromatic heterocycles. The average molecular weight is 333 g/mol. The zero-order valence-electron chi connectivity index (χ0n) is 14.5. The third kappa shape index (κ3) is 3.27. The summed E-state index contributed by atoms with van der Waals surface area (Å²) in [5.41, 5.74) is 0. The fourth-order valence-electron chi connectivity index (χ4n) is 3.84. The fourth-order valence-corrected chi connectivity index (χ4v) is 3.84. The summed E-state index contributed by atoms with van der Waals surface area (Å²) < 4.78 is 7.23. The van der Waals surface area contributed by atoms with Gasteiger partial charge in [0.1, 0.15) is 5.82 Å². The number of piperidine rings is 1. The number of hydrogen-bond acceptors (Lipinski definition) is 5. The van der Waals surface area contributed by atoms with Crippen LogP contribution in [0.25, 0.3) is 0 Å². The van der Waals surface area contributed by atoms with Crippen molar-refractivity contribution in [2.24, 2.45) is 0 Å². The van der Waals surface area contributed by atoms with E-state index in [2.05, 4.69) is 9.58 Å². The lowest BCUT2D eigenvalue weighted by Gasteiger charge is -2.37. The molecule has 7 nitrogen and oxygen atoms in total. The molecule has 1 saturated heterocycles. The minimum atomic E-state index is -0.163. The zero-order valence-corrected chi connectivity index (χ0v) is 14.5. The van der Waals surface area contributed by atoms with Crippen LogP contribution in [0.4, 0.5) is 4.79 Å². The highest BCUT2D eigenvalue weighted by molar-refractivity contribution is 5.67. The van der Waals surface area contributed by atoms with Gasteiger partial charge in [0.2, 0.25) is 0 Å². The Kier molecular flexibility index (Phi) is 4.43. The molecule has 2 aliphatic heterocycles. The summed E-state index contributed by atoms with van der Waals surface area (Å²) >= 11 is 0. The maximum atomic E-state index is 11.8. The molecule has 0 N–H and O–H groups in total. The van der Waals surface area contributed by atoms with Gasteiger partial charge in [-0.2, -0.15) is 5.10 Å². The van der Waals surface area contributed by atoms with Crippen molar-refractivity contribution in [3.63, 3.8) is 0 Å². The topological polar surface area (TPSA) is 63.5 Å². The average Bonchev–Trinajstić information content (AvgIpc) is 3.40. The Labute approximate surface area is 143 Å². The van der Waals surface area contributed by atoms with Gasteiger partial charge >= 0.3 is 6.09 Å². The lowest BCUT2D eigenvalue weighted by atomic mass is 10.0. The number of hydrogen-bond donors (Lipinski definition) is 0. The highest BCUT2D eigenvalue weighted by Gasteiger charge is 2.31. The van der Waals surface area contributed by atoms with Crippen LogP contribution in [0.2, 0.25) is 0 Å². The van der Waals surface area contributed by atoms with Crippen LogP contribution in [0.3, 0.4) is 0 Å². The Bertz CT molecular complexity index is 564. The second-order valence-electron chi connectivity index (χ2n) is 7.09. The Hall–Kier alpha value is -1.63. The molecule has 0 bridgehead atoms. The molecule has 0 atom stereocenters. The first kappa shape index (κ1) is 15.9. The van der Waals surface area contributed by atoms with E-state index >= 15 is 0 Å². The maximum absolute atomic E-state index is 11.8. The van der Waals surface area contributed by atoms with Gasteiger partial charge in [0.05, 0.1) is 13.2 Å². The Morgan fingerprint density at radius 1 is 1.12 bits per heavy atom. The van der Waals surface area contributed by atoms with E-state index in [9.17, 15) is 4.79 Å². The van der Waals surface area contributed by atoms with Crippen LogP contribution in [0.1, 0.15) is 50.2 Å². The van der Waals surface area contributed by atoms with E-state index in [1.54, 1.807) is 0 Å². The number of aromatic nitrogens is 3. The van der Waals surface area contributed by atoms with Crippen LogP contribution in [0, 0.1) is 0 Å². The van der Waals surface area contributed by atoms with E-state index in [-0.39, 0.29) is 6.09 Å². The van der Waals surface area contributed by atoms with Gasteiger partial charge < -0.3 is 9.64 Å². The zero-order chi connectivity index (χ0) is 16.5. The first-order valence-electron chi connectivity index (χ1n) is 9.34. The third-order valence-corrected chi connectivity index (χ3v) is 5.44. The van der Waals surface area contributed by atoms with E-state index in [1.165, 1.54) is 12.8 Å². The number of rotatable bonds is 3. The summed E-state index contributed by atoms with van der Waals surface area (Å²) in [6.07, 6.45) is 5.40. The van der Waals surface area contributed by atoms with E-state index in [1.807, 2.05) is 11.8 Å². The molecule has 0 spiro atoms. The van der Waals surface area contributed by atoms with Gasteiger partial charge in [0, 0.05) is 44.6 Å². The Balaban J connectivity index is 1.31. The summed E-state index contributed by atoms with van der Waals surface area (Å²) in [4.78, 5) is 21.0. The van der Waals surface area contributed by atoms with Gasteiger partial charge in [-0.1, -0.05) is 0 Å². The molecule has 2 fully saturated rings. The normalized spacial score (nSPS) is 23.0. The lowest BCUT2D eigenvalue weighted by molar-refractivity contribution is 0.0750. The number of ether oxygens (including phenoxy) is 1. The number of carbonyl (C=O) groups excluding carboxylic acids is 1. The second kappa shape index (κ2) is 6.70. The van der Waals surface area contributed by atoms with E-state index < -0.39 is 0 Å². The first-order chi connectivity index (χ1) is 11.7. The van der Waals surface area contributed by atoms with E-state index in [4.69, 9.17) is 14.8 Å². The molecule has 0 radical (unpaired) electrons. The Morgan fingerprint density at radius 2 is 1.92 bits per heavy atom. The highest BCUT2D eigenvalue weighted by Crippen LogP contribution is 2.38. The second-order valence-corrected chi connectivity index (χ2v) is 7.09. The van der Waals surface area contributed by atoms with Crippen molar-refractivity contribution in [2.45, 2.75) is 57.5 Å². The molecule has 3 heterocycles. The highest BCUT2D eigenvalue weighted by atomic mass is 16.6. The SMILES string of the molecule is CCOC(=O)N1CCC(N2CCc3nc(C4CC4)nn3CC2)CC1. The summed E-state index contributed by atoms with van der Waals surface area (Å²) in [7, 11) is 0. The molecule has 1 saturated carbocycles. The first-order valence-corrected chi connectivity index (χ1v) is 9.34. The molecule has 0 aromatic carbocycles. The number of carbonyl (C=O) groups is 1. The van der Waals surface area contributed by atoms with Crippen LogP contribution in [0.15, 0.2) is 0 Å². The summed E-state index contributed by atoms with van der Waals surface area (Å²) in [5.74, 6) is 2.86. The molecule has 4 rings (SSSR count). The molecule has 1 aromatic rings. The largest absolute Gasteiger partial charge is 0.450 e. The van der Waals surface area contributed by atoms with Crippen molar-refractivity contribution in [1.82, 2.24) is 24.6 Å². The maximum Gasteiger partial charge on any atom is 0.409 e. The standard InChI is InChI=1S/C17H27N5O2/c1-2-24-17(23)21-8-5-14(6-9-21)20-10-7-15-18-16(13-3-4-13)19-22(15)12-11-20/h13-14H,2-12H2,1H3. The van der Waals surface area contributed by atoms with Crippen molar-refractivity contribution in [2.75, 3.05) is 32.8 Å². The van der Waals surface area contributed by atoms with Crippen molar-refractivity contribution in [1.29, 1.82) is 0 Å². The van der Waals surface area contributed by atoms with Crippen LogP contribution in [-0.4, -0.2) is 69.5 Å². The minimum absolute atomic E-state index is 0.163. The minimum Gasteiger partial charge on any atom is -0.450 e. The summed E-state index contributed by atoms with van der Waals surface area (Å²) in [6.45, 7) is 6.92. The van der Waals surface area contributed by atoms with Gasteiger partial charge in [0.15, 0.2) is 5.82 Å². The van der Waals surface area contributed by atoms with Gasteiger partial charge in [-0.05, 0) is 32.6 Å². The number of nitrogens with zero attached hydrogens (tertiary/aromatic N) is 5. The molecule has 3 aliphatic rings.